The molecule has 1 aliphatic rings. The second-order valence-corrected chi connectivity index (χ2v) is 5.19. The van der Waals surface area contributed by atoms with E-state index in [-0.39, 0.29) is 0 Å². The van der Waals surface area contributed by atoms with E-state index in [1.807, 2.05) is 6.92 Å². The number of hydrogen-bond acceptors (Lipinski definition) is 7. The summed E-state index contributed by atoms with van der Waals surface area (Å²) in [5.41, 5.74) is 0.625. The zero-order valence-electron chi connectivity index (χ0n) is 12.6. The molecule has 7 heteroatoms. The Morgan fingerprint density at radius 2 is 2.00 bits per heavy atom. The lowest BCUT2D eigenvalue weighted by Crippen LogP contribution is -2.46. The van der Waals surface area contributed by atoms with Gasteiger partial charge in [-0.05, 0) is 12.1 Å². The van der Waals surface area contributed by atoms with E-state index >= 15 is 0 Å². The molecule has 0 aromatic carbocycles. The van der Waals surface area contributed by atoms with Gasteiger partial charge in [-0.2, -0.15) is 5.26 Å². The van der Waals surface area contributed by atoms with Crippen LogP contribution in [0.4, 0.5) is 5.82 Å². The van der Waals surface area contributed by atoms with Crippen LogP contribution in [-0.2, 0) is 13.0 Å². The van der Waals surface area contributed by atoms with Crippen molar-refractivity contribution >= 4 is 5.82 Å². The predicted molar refractivity (Wildman–Crippen MR) is 80.1 cm³/mol. The maximum atomic E-state index is 9.17. The smallest absolute Gasteiger partial charge is 0.230 e. The molecular weight excluding hydrogens is 280 g/mol. The maximum Gasteiger partial charge on any atom is 0.230 e. The normalized spacial score (nSPS) is 15.7. The number of pyridine rings is 1. The van der Waals surface area contributed by atoms with Crippen molar-refractivity contribution in [2.45, 2.75) is 19.9 Å². The Bertz CT molecular complexity index is 669. The highest BCUT2D eigenvalue weighted by Gasteiger charge is 2.21. The molecule has 0 spiro atoms. The van der Waals surface area contributed by atoms with Crippen molar-refractivity contribution in [2.24, 2.45) is 0 Å². The molecule has 114 valence electrons. The van der Waals surface area contributed by atoms with Crippen molar-refractivity contribution in [1.29, 1.82) is 5.26 Å². The Balaban J connectivity index is 1.59. The Morgan fingerprint density at radius 1 is 1.23 bits per heavy atom. The minimum Gasteiger partial charge on any atom is -0.424 e. The van der Waals surface area contributed by atoms with Gasteiger partial charge in [-0.15, -0.1) is 10.2 Å². The second-order valence-electron chi connectivity index (χ2n) is 5.19. The summed E-state index contributed by atoms with van der Waals surface area (Å²) in [4.78, 5) is 8.77. The summed E-state index contributed by atoms with van der Waals surface area (Å²) < 4.78 is 5.55. The third-order valence-electron chi connectivity index (χ3n) is 3.75. The Hall–Kier alpha value is -2.46. The van der Waals surface area contributed by atoms with Gasteiger partial charge >= 0.3 is 0 Å². The van der Waals surface area contributed by atoms with Gasteiger partial charge in [0.2, 0.25) is 11.8 Å². The molecule has 0 N–H and O–H groups in total. The first kappa shape index (κ1) is 14.5. The van der Waals surface area contributed by atoms with Crippen LogP contribution in [0.25, 0.3) is 0 Å². The Morgan fingerprint density at radius 3 is 2.68 bits per heavy atom. The molecule has 0 unspecified atom stereocenters. The average molecular weight is 298 g/mol. The summed E-state index contributed by atoms with van der Waals surface area (Å²) >= 11 is 0. The maximum absolute atomic E-state index is 9.17. The first-order valence-electron chi connectivity index (χ1n) is 7.44. The van der Waals surface area contributed by atoms with Gasteiger partial charge in [0.1, 0.15) is 11.9 Å². The van der Waals surface area contributed by atoms with Crippen molar-refractivity contribution in [1.82, 2.24) is 20.1 Å². The molecule has 1 saturated heterocycles. The summed E-state index contributed by atoms with van der Waals surface area (Å²) in [6.07, 6.45) is 2.49. The van der Waals surface area contributed by atoms with Crippen LogP contribution in [0.3, 0.4) is 0 Å². The molecule has 3 rings (SSSR count). The zero-order chi connectivity index (χ0) is 15.4. The van der Waals surface area contributed by atoms with Gasteiger partial charge in [0.25, 0.3) is 0 Å². The number of nitriles is 1. The number of piperazine rings is 1. The van der Waals surface area contributed by atoms with Gasteiger partial charge in [0.15, 0.2) is 0 Å². The molecule has 7 nitrogen and oxygen atoms in total. The van der Waals surface area contributed by atoms with Gasteiger partial charge in [0.05, 0.1) is 12.1 Å². The highest BCUT2D eigenvalue weighted by atomic mass is 16.4. The van der Waals surface area contributed by atoms with E-state index < -0.39 is 0 Å². The molecular formula is C15H18N6O. The number of nitrogens with zero attached hydrogens (tertiary/aromatic N) is 6. The topological polar surface area (TPSA) is 82.1 Å². The molecule has 2 aromatic heterocycles. The highest BCUT2D eigenvalue weighted by Crippen LogP contribution is 2.18. The molecule has 1 aliphatic heterocycles. The van der Waals surface area contributed by atoms with Crippen molar-refractivity contribution in [3.8, 4) is 6.07 Å². The largest absolute Gasteiger partial charge is 0.424 e. The summed E-state index contributed by atoms with van der Waals surface area (Å²) in [7, 11) is 0. The molecule has 0 amide bonds. The first-order chi connectivity index (χ1) is 10.8. The number of aryl methyl sites for hydroxylation is 1. The molecule has 0 aliphatic carbocycles. The lowest BCUT2D eigenvalue weighted by Gasteiger charge is -2.34. The first-order valence-corrected chi connectivity index (χ1v) is 7.44. The van der Waals surface area contributed by atoms with Gasteiger partial charge in [-0.1, -0.05) is 6.92 Å². The SMILES string of the molecule is CCc1nnc(CN2CCN(c3ncccc3C#N)CC2)o1. The second kappa shape index (κ2) is 6.54. The highest BCUT2D eigenvalue weighted by molar-refractivity contribution is 5.53. The Kier molecular flexibility index (Phi) is 4.30. The van der Waals surface area contributed by atoms with Crippen molar-refractivity contribution in [2.75, 3.05) is 31.1 Å². The fourth-order valence-electron chi connectivity index (χ4n) is 2.54. The van der Waals surface area contributed by atoms with Crippen molar-refractivity contribution in [3.05, 3.63) is 35.7 Å². The summed E-state index contributed by atoms with van der Waals surface area (Å²) in [6.45, 7) is 6.10. The predicted octanol–water partition coefficient (Wildman–Crippen LogP) is 1.22. The molecule has 0 radical (unpaired) electrons. The summed E-state index contributed by atoms with van der Waals surface area (Å²) in [6, 6.07) is 5.80. The van der Waals surface area contributed by atoms with Gasteiger partial charge in [-0.25, -0.2) is 4.98 Å². The van der Waals surface area contributed by atoms with Crippen LogP contribution in [0.1, 0.15) is 24.3 Å². The Labute approximate surface area is 129 Å². The summed E-state index contributed by atoms with van der Waals surface area (Å²) in [5, 5.41) is 17.2. The van der Waals surface area contributed by atoms with E-state index in [1.54, 1.807) is 18.3 Å². The molecule has 22 heavy (non-hydrogen) atoms. The van der Waals surface area contributed by atoms with E-state index in [9.17, 15) is 0 Å². The lowest BCUT2D eigenvalue weighted by atomic mass is 10.2. The van der Waals surface area contributed by atoms with E-state index in [1.165, 1.54) is 0 Å². The monoisotopic (exact) mass is 298 g/mol. The molecule has 2 aromatic rings. The fraction of sp³-hybridized carbons (Fsp3) is 0.467. The van der Waals surface area contributed by atoms with Gasteiger partial charge < -0.3 is 9.32 Å². The van der Waals surface area contributed by atoms with E-state index in [4.69, 9.17) is 9.68 Å². The van der Waals surface area contributed by atoms with E-state index in [2.05, 4.69) is 31.1 Å². The minimum absolute atomic E-state index is 0.625. The van der Waals surface area contributed by atoms with Crippen molar-refractivity contribution < 1.29 is 4.42 Å². The van der Waals surface area contributed by atoms with Crippen LogP contribution >= 0.6 is 0 Å². The van der Waals surface area contributed by atoms with Crippen LogP contribution in [0.5, 0.6) is 0 Å². The van der Waals surface area contributed by atoms with Gasteiger partial charge in [0, 0.05) is 38.8 Å². The van der Waals surface area contributed by atoms with E-state index in [0.717, 1.165) is 38.4 Å². The van der Waals surface area contributed by atoms with Gasteiger partial charge in [-0.3, -0.25) is 4.90 Å². The average Bonchev–Trinajstić information content (AvgIpc) is 3.03. The minimum atomic E-state index is 0.625. The van der Waals surface area contributed by atoms with Crippen LogP contribution in [-0.4, -0.2) is 46.3 Å². The fourth-order valence-corrected chi connectivity index (χ4v) is 2.54. The van der Waals surface area contributed by atoms with Crippen molar-refractivity contribution in [3.63, 3.8) is 0 Å². The molecule has 0 atom stereocenters. The number of anilines is 1. The number of hydrogen-bond donors (Lipinski definition) is 0. The van der Waals surface area contributed by atoms with Crippen LogP contribution in [0, 0.1) is 11.3 Å². The molecule has 0 bridgehead atoms. The quantitative estimate of drug-likeness (QED) is 0.839. The number of aromatic nitrogens is 3. The number of rotatable bonds is 4. The molecule has 1 fully saturated rings. The molecule has 3 heterocycles. The standard InChI is InChI=1S/C15H18N6O/c1-2-13-18-19-14(22-13)11-20-6-8-21(9-7-20)15-12(10-16)4-3-5-17-15/h3-5H,2,6-9,11H2,1H3. The van der Waals surface area contributed by atoms with Crippen LogP contribution < -0.4 is 4.90 Å². The third-order valence-corrected chi connectivity index (χ3v) is 3.75. The molecule has 0 saturated carbocycles. The van der Waals surface area contributed by atoms with Crippen LogP contribution in [0.15, 0.2) is 22.7 Å². The summed E-state index contributed by atoms with van der Waals surface area (Å²) in [5.74, 6) is 2.12. The van der Waals surface area contributed by atoms with Crippen LogP contribution in [0.2, 0.25) is 0 Å². The zero-order valence-corrected chi connectivity index (χ0v) is 12.6. The van der Waals surface area contributed by atoms with E-state index in [0.29, 0.717) is 23.9 Å². The lowest BCUT2D eigenvalue weighted by molar-refractivity contribution is 0.224. The third kappa shape index (κ3) is 3.07.